The van der Waals surface area contributed by atoms with Gasteiger partial charge in [0.05, 0.1) is 17.5 Å². The molecule has 10 heteroatoms. The van der Waals surface area contributed by atoms with Crippen LogP contribution in [-0.4, -0.2) is 68.4 Å². The lowest BCUT2D eigenvalue weighted by atomic mass is 10.0. The van der Waals surface area contributed by atoms with Crippen molar-refractivity contribution in [2.45, 2.75) is 26.3 Å². The molecule has 0 bridgehead atoms. The number of fused-ring (bicyclic) bond motifs is 1. The van der Waals surface area contributed by atoms with Gasteiger partial charge in [0.2, 0.25) is 10.8 Å². The molecule has 160 valence electrons. The molecule has 3 aromatic rings. The monoisotopic (exact) mass is 433 g/mol. The molecule has 1 amide bonds. The standard InChI is InChI=1S/C20H24FN5O3S/c1-3-15-22-19-26(23-15)18(27)17(30-19)16(13-7-5-6-8-14(13)21)24-9-11-25(12-10-24)20(28)29-4-2/h5-8,16,27H,3-4,9-12H2,1-2H3/t16-/m1/s1. The van der Waals surface area contributed by atoms with Crippen molar-refractivity contribution < 1.29 is 19.0 Å². The number of aromatic hydroxyl groups is 1. The molecule has 0 radical (unpaired) electrons. The van der Waals surface area contributed by atoms with Crippen LogP contribution in [0.1, 0.15) is 36.2 Å². The highest BCUT2D eigenvalue weighted by molar-refractivity contribution is 7.17. The number of carbonyl (C=O) groups excluding carboxylic acids is 1. The summed E-state index contributed by atoms with van der Waals surface area (Å²) in [6, 6.07) is 6.06. The van der Waals surface area contributed by atoms with Crippen LogP contribution in [0.25, 0.3) is 4.96 Å². The Bertz CT molecular complexity index is 1040. The number of aromatic nitrogens is 3. The second-order valence-corrected chi connectivity index (χ2v) is 8.02. The van der Waals surface area contributed by atoms with Crippen molar-refractivity contribution >= 4 is 22.4 Å². The maximum absolute atomic E-state index is 14.8. The van der Waals surface area contributed by atoms with E-state index in [0.29, 0.717) is 60.4 Å². The van der Waals surface area contributed by atoms with Crippen molar-refractivity contribution in [3.63, 3.8) is 0 Å². The highest BCUT2D eigenvalue weighted by Gasteiger charge is 2.34. The Morgan fingerprint density at radius 1 is 1.27 bits per heavy atom. The third-order valence-corrected chi connectivity index (χ3v) is 6.29. The van der Waals surface area contributed by atoms with Crippen molar-refractivity contribution in [1.29, 1.82) is 0 Å². The van der Waals surface area contributed by atoms with E-state index in [4.69, 9.17) is 4.74 Å². The molecule has 0 unspecified atom stereocenters. The Morgan fingerprint density at radius 2 is 2.00 bits per heavy atom. The van der Waals surface area contributed by atoms with Gasteiger partial charge in [-0.25, -0.2) is 14.2 Å². The summed E-state index contributed by atoms with van der Waals surface area (Å²) in [5.74, 6) is 0.278. The topological polar surface area (TPSA) is 83.2 Å². The first-order valence-electron chi connectivity index (χ1n) is 10.0. The van der Waals surface area contributed by atoms with Gasteiger partial charge in [-0.15, -0.1) is 5.10 Å². The quantitative estimate of drug-likeness (QED) is 0.666. The predicted octanol–water partition coefficient (Wildman–Crippen LogP) is 3.06. The van der Waals surface area contributed by atoms with E-state index in [1.165, 1.54) is 21.9 Å². The van der Waals surface area contributed by atoms with Crippen LogP contribution < -0.4 is 0 Å². The summed E-state index contributed by atoms with van der Waals surface area (Å²) in [6.45, 7) is 6.01. The second-order valence-electron chi connectivity index (χ2n) is 7.01. The average molecular weight is 434 g/mol. The summed E-state index contributed by atoms with van der Waals surface area (Å²) in [5.41, 5.74) is 0.470. The van der Waals surface area contributed by atoms with E-state index in [2.05, 4.69) is 15.0 Å². The number of carbonyl (C=O) groups is 1. The molecule has 8 nitrogen and oxygen atoms in total. The van der Waals surface area contributed by atoms with Crippen molar-refractivity contribution in [3.8, 4) is 5.88 Å². The zero-order valence-corrected chi connectivity index (χ0v) is 17.7. The summed E-state index contributed by atoms with van der Waals surface area (Å²) in [6.07, 6.45) is 0.323. The van der Waals surface area contributed by atoms with E-state index in [1.54, 1.807) is 30.0 Å². The first-order chi connectivity index (χ1) is 14.5. The van der Waals surface area contributed by atoms with Crippen molar-refractivity contribution in [2.75, 3.05) is 32.8 Å². The third kappa shape index (κ3) is 3.72. The molecular weight excluding hydrogens is 409 g/mol. The first-order valence-corrected chi connectivity index (χ1v) is 10.8. The molecule has 1 atom stereocenters. The summed E-state index contributed by atoms with van der Waals surface area (Å²) >= 11 is 1.31. The van der Waals surface area contributed by atoms with E-state index in [1.807, 2.05) is 6.92 Å². The molecular formula is C20H24FN5O3S. The number of thiazole rings is 1. The maximum Gasteiger partial charge on any atom is 0.409 e. The molecule has 1 fully saturated rings. The van der Waals surface area contributed by atoms with Gasteiger partial charge in [-0.3, -0.25) is 4.90 Å². The van der Waals surface area contributed by atoms with E-state index in [-0.39, 0.29) is 17.8 Å². The smallest absolute Gasteiger partial charge is 0.409 e. The summed E-state index contributed by atoms with van der Waals surface area (Å²) in [5, 5.41) is 15.2. The van der Waals surface area contributed by atoms with Crippen LogP contribution >= 0.6 is 11.3 Å². The molecule has 0 saturated carbocycles. The average Bonchev–Trinajstić information content (AvgIpc) is 3.29. The van der Waals surface area contributed by atoms with Gasteiger partial charge in [-0.05, 0) is 13.0 Å². The fraction of sp³-hybridized carbons (Fsp3) is 0.450. The maximum atomic E-state index is 14.8. The molecule has 1 aromatic carbocycles. The molecule has 1 N–H and O–H groups in total. The number of nitrogens with zero attached hydrogens (tertiary/aromatic N) is 5. The number of halogens is 1. The first kappa shape index (κ1) is 20.5. The minimum Gasteiger partial charge on any atom is -0.492 e. The number of rotatable bonds is 5. The number of aryl methyl sites for hydroxylation is 1. The molecule has 0 aliphatic carbocycles. The van der Waals surface area contributed by atoms with Crippen LogP contribution in [-0.2, 0) is 11.2 Å². The summed E-state index contributed by atoms with van der Waals surface area (Å²) < 4.78 is 21.3. The number of benzene rings is 1. The second kappa shape index (κ2) is 8.57. The van der Waals surface area contributed by atoms with Gasteiger partial charge in [0.25, 0.3) is 0 Å². The highest BCUT2D eigenvalue weighted by atomic mass is 32.1. The van der Waals surface area contributed by atoms with Crippen molar-refractivity contribution in [2.24, 2.45) is 0 Å². The lowest BCUT2D eigenvalue weighted by Crippen LogP contribution is -2.50. The Labute approximate surface area is 177 Å². The predicted molar refractivity (Wildman–Crippen MR) is 110 cm³/mol. The van der Waals surface area contributed by atoms with Gasteiger partial charge in [0, 0.05) is 38.2 Å². The fourth-order valence-electron chi connectivity index (χ4n) is 3.70. The molecule has 2 aromatic heterocycles. The van der Waals surface area contributed by atoms with E-state index in [0.717, 1.165) is 0 Å². The van der Waals surface area contributed by atoms with Gasteiger partial charge >= 0.3 is 6.09 Å². The van der Waals surface area contributed by atoms with Crippen LogP contribution in [0.3, 0.4) is 0 Å². The largest absolute Gasteiger partial charge is 0.492 e. The van der Waals surface area contributed by atoms with Crippen LogP contribution in [0.5, 0.6) is 5.88 Å². The summed E-state index contributed by atoms with van der Waals surface area (Å²) in [4.78, 5) is 21.4. The van der Waals surface area contributed by atoms with Crippen LogP contribution in [0.15, 0.2) is 24.3 Å². The Hall–Kier alpha value is -2.72. The van der Waals surface area contributed by atoms with Gasteiger partial charge in [-0.1, -0.05) is 36.5 Å². The van der Waals surface area contributed by atoms with Crippen LogP contribution in [0.2, 0.25) is 0 Å². The van der Waals surface area contributed by atoms with Crippen molar-refractivity contribution in [3.05, 3.63) is 46.3 Å². The summed E-state index contributed by atoms with van der Waals surface area (Å²) in [7, 11) is 0. The van der Waals surface area contributed by atoms with Crippen molar-refractivity contribution in [1.82, 2.24) is 24.4 Å². The zero-order chi connectivity index (χ0) is 21.3. The number of amides is 1. The fourth-order valence-corrected chi connectivity index (χ4v) is 4.82. The van der Waals surface area contributed by atoms with Crippen LogP contribution in [0, 0.1) is 5.82 Å². The number of ether oxygens (including phenoxy) is 1. The minimum absolute atomic E-state index is 0.0247. The number of piperazine rings is 1. The normalized spacial score (nSPS) is 16.2. The van der Waals surface area contributed by atoms with Gasteiger partial charge in [0.15, 0.2) is 5.82 Å². The van der Waals surface area contributed by atoms with Gasteiger partial charge in [-0.2, -0.15) is 4.52 Å². The molecule has 1 aliphatic rings. The van der Waals surface area contributed by atoms with E-state index < -0.39 is 6.04 Å². The van der Waals surface area contributed by atoms with Crippen LogP contribution in [0.4, 0.5) is 9.18 Å². The molecule has 0 spiro atoms. The Morgan fingerprint density at radius 3 is 2.63 bits per heavy atom. The molecule has 30 heavy (non-hydrogen) atoms. The molecule has 4 rings (SSSR count). The van der Waals surface area contributed by atoms with Gasteiger partial charge in [0.1, 0.15) is 5.82 Å². The minimum atomic E-state index is -0.505. The lowest BCUT2D eigenvalue weighted by molar-refractivity contribution is 0.0710. The lowest BCUT2D eigenvalue weighted by Gasteiger charge is -2.38. The highest BCUT2D eigenvalue weighted by Crippen LogP contribution is 2.41. The number of hydrogen-bond acceptors (Lipinski definition) is 7. The Kier molecular flexibility index (Phi) is 5.87. The molecule has 3 heterocycles. The third-order valence-electron chi connectivity index (χ3n) is 5.21. The molecule has 1 aliphatic heterocycles. The van der Waals surface area contributed by atoms with E-state index >= 15 is 0 Å². The number of hydrogen-bond donors (Lipinski definition) is 1. The Balaban J connectivity index is 1.69. The SMILES string of the molecule is CCOC(=O)N1CCN([C@H](c2ccccc2F)c2sc3nc(CC)nn3c2O)CC1. The van der Waals surface area contributed by atoms with E-state index in [9.17, 15) is 14.3 Å². The zero-order valence-electron chi connectivity index (χ0n) is 16.9. The van der Waals surface area contributed by atoms with Gasteiger partial charge < -0.3 is 14.7 Å². The molecule has 1 saturated heterocycles.